The van der Waals surface area contributed by atoms with Gasteiger partial charge < -0.3 is 0 Å². The molecule has 4 nitrogen and oxygen atoms in total. The summed E-state index contributed by atoms with van der Waals surface area (Å²) in [6.45, 7) is 0. The molecular formula is C106H88N4S40. The van der Waals surface area contributed by atoms with Crippen LogP contribution in [0.3, 0.4) is 0 Å². The molecular weight excluding hydrogens is 2610 g/mol. The third-order valence-electron chi connectivity index (χ3n) is 21.7. The lowest BCUT2D eigenvalue weighted by Gasteiger charge is -2.13. The SMILES string of the molecule is CSC1=C(SCCC#N)S/C(=C2/SC(SC)=C(SCc3ccc(-c4cc(-c5ccc(CSC6=C(SC)S/C(=C7\SC(SC)=C(SCCC#N)S7)S6)cc5)cc(-c5ccc(CSC6=C(SC)S/C(=C7/SC(SC)=C(SCc8ccc(-c9cc(-c%10ccc(CSC%11=C(SC)S/C(=C%12\SC(SC)=C(SCCC#N)S%12)S%11)cc%10)cc(-c%10ccc(CSC%11=C(SC)S/C(=C%12\SC(SC)=C(SCCC#N)S%12)S%11)cc%10)c9)cc8)S7)S6)cc5)c4)cc3)S2)S1. The predicted octanol–water partition coefficient (Wildman–Crippen LogP) is 47.7. The summed E-state index contributed by atoms with van der Waals surface area (Å²) >= 11 is 75.7. The van der Waals surface area contributed by atoms with E-state index in [4.69, 9.17) is 0 Å². The maximum Gasteiger partial charge on any atom is 0.0717 e. The molecule has 0 aliphatic carbocycles. The second kappa shape index (κ2) is 61.9. The van der Waals surface area contributed by atoms with E-state index in [9.17, 15) is 21.0 Å². The van der Waals surface area contributed by atoms with E-state index >= 15 is 0 Å². The Hall–Kier alpha value is 1.82. The van der Waals surface area contributed by atoms with Gasteiger partial charge in [-0.1, -0.05) is 381 Å². The zero-order chi connectivity index (χ0) is 104. The minimum atomic E-state index is 0.560. The molecule has 10 aliphatic heterocycles. The van der Waals surface area contributed by atoms with E-state index in [0.29, 0.717) is 25.7 Å². The number of rotatable bonds is 46. The van der Waals surface area contributed by atoms with Crippen LogP contribution in [0.5, 0.6) is 0 Å². The highest BCUT2D eigenvalue weighted by atomic mass is 32.3. The Balaban J connectivity index is 0.529. The fourth-order valence-corrected chi connectivity index (χ4v) is 69.5. The summed E-state index contributed by atoms with van der Waals surface area (Å²) < 4.78 is 41.0. The van der Waals surface area contributed by atoms with Crippen LogP contribution < -0.4 is 0 Å². The van der Waals surface area contributed by atoms with Gasteiger partial charge in [0.2, 0.25) is 0 Å². The number of hydrogen-bond donors (Lipinski definition) is 0. The van der Waals surface area contributed by atoms with Gasteiger partial charge in [0.25, 0.3) is 0 Å². The molecule has 0 unspecified atom stereocenters. The molecule has 0 atom stereocenters. The normalized spacial score (nSPS) is 19.6. The van der Waals surface area contributed by atoms with Gasteiger partial charge in [0.15, 0.2) is 0 Å². The molecule has 0 amide bonds. The monoisotopic (exact) mass is 2700 g/mol. The second-order valence-electron chi connectivity index (χ2n) is 31.2. The average Bonchev–Trinajstić information content (AvgIpc) is 1.38. The van der Waals surface area contributed by atoms with Crippen LogP contribution in [0.25, 0.3) is 66.8 Å². The van der Waals surface area contributed by atoms with Crippen molar-refractivity contribution in [3.63, 3.8) is 0 Å². The molecule has 44 heteroatoms. The lowest BCUT2D eigenvalue weighted by atomic mass is 9.92. The Bertz CT molecular complexity index is 6390. The number of nitriles is 4. The maximum absolute atomic E-state index is 9.25. The molecule has 0 radical (unpaired) electrons. The molecule has 0 aromatic heterocycles. The molecule has 8 aromatic carbocycles. The van der Waals surface area contributed by atoms with Crippen molar-refractivity contribution in [1.82, 2.24) is 0 Å². The first-order chi connectivity index (χ1) is 73.5. The summed E-state index contributed by atoms with van der Waals surface area (Å²) in [5.74, 6) is 8.60. The molecule has 10 heterocycles. The fourth-order valence-electron chi connectivity index (χ4n) is 14.4. The molecule has 0 saturated heterocycles. The standard InChI is InChI=1S/C106H88N4S40/c1-111-77-87(121-43-11-39-107)141-97(131-77)101-135-81(115-5)91(145-101)125-53-59-15-27-65(28-16-59)71-47-72(66-29-17-60(18-30-66)54-126-92-82(116-6)136-102(146-92)98-132-78(112-2)88(142-98)122-44-12-40-108)50-75(49-71)69-35-23-63(24-36-69)57-129-95-85(119-9)139-105(149-95)106-140-86(120-10)96(150-106)130-58-64-25-37-70(38-26-64)76-51-73(67-31-19-61(20-32-67)55-127-93-83(117-7)137-103(147-93)99-133-79(113-3)89(143-99)123-45-13-41-109)48-74(52-76)68-33-21-62(22-34-68)56-128-94-84(118-8)138-104(148-94)100-134-80(114-4)90(144-100)124-46-14-42-110/h15-38,47-52H,11-14,43-46,53-58H2,1-10H3/b101-97-,102-98-,103-99-,104-100-,106-105+. The minimum absolute atomic E-state index is 0.560. The Kier molecular flexibility index (Phi) is 50.0. The van der Waals surface area contributed by atoms with Crippen molar-refractivity contribution in [2.45, 2.75) is 60.2 Å². The van der Waals surface area contributed by atoms with Crippen LogP contribution in [-0.2, 0) is 34.5 Å². The number of nitrogens with zero attached hydrogens (tertiary/aromatic N) is 4. The largest absolute Gasteiger partial charge is 0.198 e. The van der Waals surface area contributed by atoms with Gasteiger partial charge in [-0.05, 0) is 199 Å². The predicted molar refractivity (Wildman–Crippen MR) is 756 cm³/mol. The molecule has 0 N–H and O–H groups in total. The van der Waals surface area contributed by atoms with Gasteiger partial charge in [0, 0.05) is 83.2 Å². The molecule has 150 heavy (non-hydrogen) atoms. The van der Waals surface area contributed by atoms with Crippen LogP contribution in [0, 0.1) is 45.3 Å². The van der Waals surface area contributed by atoms with E-state index in [1.807, 2.05) is 470 Å². The molecule has 0 saturated carbocycles. The lowest BCUT2D eigenvalue weighted by molar-refractivity contribution is 1.24. The van der Waals surface area contributed by atoms with Gasteiger partial charge in [-0.25, -0.2) is 0 Å². The minimum Gasteiger partial charge on any atom is -0.198 e. The van der Waals surface area contributed by atoms with E-state index in [0.717, 1.165) is 57.5 Å². The van der Waals surface area contributed by atoms with Crippen molar-refractivity contribution >= 4 is 470 Å². The highest BCUT2D eigenvalue weighted by Crippen LogP contribution is 2.73. The first-order valence-electron chi connectivity index (χ1n) is 45.3. The molecule has 0 fully saturated rings. The maximum atomic E-state index is 9.25. The zero-order valence-electron chi connectivity index (χ0n) is 81.3. The topological polar surface area (TPSA) is 95.2 Å². The summed E-state index contributed by atoms with van der Waals surface area (Å²) in [5, 5.41) is 37.0. The van der Waals surface area contributed by atoms with Gasteiger partial charge in [-0.15, -0.1) is 235 Å². The second-order valence-corrected chi connectivity index (χ2v) is 77.9. The Morgan fingerprint density at radius 2 is 0.267 bits per heavy atom. The summed E-state index contributed by atoms with van der Waals surface area (Å²) in [6.07, 6.45) is 24.2. The van der Waals surface area contributed by atoms with Gasteiger partial charge >= 0.3 is 0 Å². The number of hydrogen-bond acceptors (Lipinski definition) is 44. The van der Waals surface area contributed by atoms with Crippen LogP contribution in [0.1, 0.15) is 59.1 Å². The third-order valence-corrected chi connectivity index (χ3v) is 78.4. The van der Waals surface area contributed by atoms with E-state index < -0.39 is 0 Å². The van der Waals surface area contributed by atoms with Crippen LogP contribution in [0.2, 0.25) is 0 Å². The van der Waals surface area contributed by atoms with E-state index in [2.05, 4.69) is 269 Å². The molecule has 8 aromatic rings. The first kappa shape index (κ1) is 121. The summed E-state index contributed by atoms with van der Waals surface area (Å²) in [4.78, 5) is 0. The van der Waals surface area contributed by atoms with Gasteiger partial charge in [-0.3, -0.25) is 0 Å². The summed E-state index contributed by atoms with van der Waals surface area (Å²) in [5.41, 5.74) is 22.2. The van der Waals surface area contributed by atoms with Crippen molar-refractivity contribution in [3.8, 4) is 91.0 Å². The van der Waals surface area contributed by atoms with Gasteiger partial charge in [0.05, 0.1) is 151 Å². The smallest absolute Gasteiger partial charge is 0.0717 e. The van der Waals surface area contributed by atoms with Crippen molar-refractivity contribution in [3.05, 3.63) is 342 Å². The van der Waals surface area contributed by atoms with Crippen LogP contribution in [-0.4, -0.2) is 85.6 Å². The molecule has 0 spiro atoms. The van der Waals surface area contributed by atoms with Crippen LogP contribution in [0.4, 0.5) is 0 Å². The lowest BCUT2D eigenvalue weighted by Crippen LogP contribution is -1.89. The molecule has 772 valence electrons. The highest BCUT2D eigenvalue weighted by molar-refractivity contribution is 8.50. The first-order valence-corrected chi connectivity index (χ1v) is 83.7. The van der Waals surface area contributed by atoms with E-state index in [1.54, 1.807) is 0 Å². The Morgan fingerprint density at radius 1 is 0.153 bits per heavy atom. The van der Waals surface area contributed by atoms with Gasteiger partial charge in [0.1, 0.15) is 0 Å². The van der Waals surface area contributed by atoms with E-state index in [-0.39, 0.29) is 0 Å². The van der Waals surface area contributed by atoms with E-state index in [1.165, 1.54) is 227 Å². The number of benzene rings is 8. The molecule has 10 aliphatic rings. The summed E-state index contributed by atoms with van der Waals surface area (Å²) in [6, 6.07) is 79.6. The zero-order valence-corrected chi connectivity index (χ0v) is 114. The highest BCUT2D eigenvalue weighted by Gasteiger charge is 2.38. The Labute approximate surface area is 1050 Å². The van der Waals surface area contributed by atoms with Crippen molar-refractivity contribution < 1.29 is 0 Å². The molecule has 0 bridgehead atoms. The molecule has 18 rings (SSSR count). The van der Waals surface area contributed by atoms with Crippen molar-refractivity contribution in [2.24, 2.45) is 0 Å². The Morgan fingerprint density at radius 3 is 0.380 bits per heavy atom. The van der Waals surface area contributed by atoms with Crippen LogP contribution >= 0.6 is 470 Å². The average molecular weight is 2700 g/mol. The summed E-state index contributed by atoms with van der Waals surface area (Å²) in [7, 11) is 0. The van der Waals surface area contributed by atoms with Gasteiger partial charge in [-0.2, -0.15) is 21.0 Å². The fraction of sp³-hybridized carbons (Fsp3) is 0.226. The van der Waals surface area contributed by atoms with Crippen molar-refractivity contribution in [1.29, 1.82) is 21.0 Å². The number of thioether (sulfide) groups is 40. The quantitative estimate of drug-likeness (QED) is 0.0338. The van der Waals surface area contributed by atoms with Crippen molar-refractivity contribution in [2.75, 3.05) is 85.6 Å². The van der Waals surface area contributed by atoms with Crippen LogP contribution in [0.15, 0.2) is 309 Å². The third kappa shape index (κ3) is 32.4.